The molecule has 2 rings (SSSR count). The summed E-state index contributed by atoms with van der Waals surface area (Å²) in [5.74, 6) is -0.365. The van der Waals surface area contributed by atoms with Gasteiger partial charge in [0.15, 0.2) is 11.5 Å². The van der Waals surface area contributed by atoms with Crippen molar-refractivity contribution in [1.82, 2.24) is 10.2 Å². The molecule has 7 nitrogen and oxygen atoms in total. The van der Waals surface area contributed by atoms with Gasteiger partial charge in [0.2, 0.25) is 0 Å². The Balaban J connectivity index is 2.06. The minimum absolute atomic E-state index is 0.0503. The van der Waals surface area contributed by atoms with Crippen molar-refractivity contribution in [2.24, 2.45) is 0 Å². The Bertz CT molecular complexity index is 642. The number of carbonyl (C=O) groups is 2. The third kappa shape index (κ3) is 5.21. The molecule has 1 aliphatic rings. The van der Waals surface area contributed by atoms with Gasteiger partial charge in [0.1, 0.15) is 0 Å². The van der Waals surface area contributed by atoms with E-state index in [1.807, 2.05) is 0 Å². The van der Waals surface area contributed by atoms with Gasteiger partial charge >= 0.3 is 12.7 Å². The Morgan fingerprint density at radius 3 is 2.77 bits per heavy atom. The van der Waals surface area contributed by atoms with Crippen LogP contribution in [0.3, 0.4) is 0 Å². The number of nitrogens with one attached hydrogen (secondary N) is 1. The lowest BCUT2D eigenvalue weighted by Crippen LogP contribution is -2.49. The fraction of sp³-hybridized carbons (Fsp3) is 0.529. The smallest absolute Gasteiger partial charge is 0.407 e. The molecule has 144 valence electrons. The summed E-state index contributed by atoms with van der Waals surface area (Å²) in [7, 11) is 1.31. The molecule has 0 aliphatic carbocycles. The molecule has 0 saturated carbocycles. The van der Waals surface area contributed by atoms with Crippen molar-refractivity contribution < 1.29 is 32.6 Å². The summed E-state index contributed by atoms with van der Waals surface area (Å²) >= 11 is 0. The lowest BCUT2D eigenvalue weighted by atomic mass is 10.0. The number of likely N-dealkylation sites (tertiary alicyclic amines) is 1. The molecular weight excluding hydrogens is 350 g/mol. The van der Waals surface area contributed by atoms with Crippen LogP contribution in [0.1, 0.15) is 30.1 Å². The third-order valence-corrected chi connectivity index (χ3v) is 3.93. The van der Waals surface area contributed by atoms with E-state index < -0.39 is 12.7 Å². The van der Waals surface area contributed by atoms with Crippen molar-refractivity contribution in [2.45, 2.75) is 32.4 Å². The molecule has 1 atom stereocenters. The number of hydrogen-bond acceptors (Lipinski definition) is 5. The first-order valence-corrected chi connectivity index (χ1v) is 8.30. The number of rotatable bonds is 6. The third-order valence-electron chi connectivity index (χ3n) is 3.93. The highest BCUT2D eigenvalue weighted by Crippen LogP contribution is 2.30. The number of hydrogen-bond donors (Lipinski definition) is 1. The normalized spacial score (nSPS) is 17.0. The molecule has 1 fully saturated rings. The number of ether oxygens (including phenoxy) is 3. The molecule has 26 heavy (non-hydrogen) atoms. The minimum atomic E-state index is -2.98. The number of amides is 2. The van der Waals surface area contributed by atoms with Gasteiger partial charge < -0.3 is 24.4 Å². The summed E-state index contributed by atoms with van der Waals surface area (Å²) in [6.45, 7) is -0.117. The second kappa shape index (κ2) is 9.21. The zero-order valence-electron chi connectivity index (χ0n) is 14.7. The molecule has 9 heteroatoms. The quantitative estimate of drug-likeness (QED) is 0.831. The minimum Gasteiger partial charge on any atom is -0.493 e. The highest BCUT2D eigenvalue weighted by Gasteiger charge is 2.26. The summed E-state index contributed by atoms with van der Waals surface area (Å²) < 4.78 is 39.0. The Kier molecular flexibility index (Phi) is 6.99. The number of methoxy groups -OCH3 is 1. The molecule has 1 saturated heterocycles. The maximum absolute atomic E-state index is 12.7. The molecule has 0 aromatic heterocycles. The van der Waals surface area contributed by atoms with Crippen LogP contribution in [0.25, 0.3) is 0 Å². The molecule has 1 aromatic rings. The summed E-state index contributed by atoms with van der Waals surface area (Å²) in [6, 6.07) is 3.85. The van der Waals surface area contributed by atoms with Crippen LogP contribution >= 0.6 is 0 Å². The van der Waals surface area contributed by atoms with E-state index in [-0.39, 0.29) is 30.1 Å². The molecule has 0 spiro atoms. The van der Waals surface area contributed by atoms with E-state index in [0.29, 0.717) is 18.7 Å². The highest BCUT2D eigenvalue weighted by molar-refractivity contribution is 5.95. The molecular formula is C17H22F2N2O5. The van der Waals surface area contributed by atoms with E-state index in [4.69, 9.17) is 9.47 Å². The van der Waals surface area contributed by atoms with Crippen LogP contribution in [-0.4, -0.2) is 56.4 Å². The molecule has 0 bridgehead atoms. The zero-order valence-corrected chi connectivity index (χ0v) is 14.7. The Hall–Kier alpha value is -2.58. The van der Waals surface area contributed by atoms with Gasteiger partial charge in [-0.25, -0.2) is 4.79 Å². The van der Waals surface area contributed by atoms with Crippen molar-refractivity contribution in [3.8, 4) is 11.5 Å². The molecule has 1 unspecified atom stereocenters. The van der Waals surface area contributed by atoms with Gasteiger partial charge in [-0.3, -0.25) is 4.79 Å². The first-order chi connectivity index (χ1) is 12.4. The van der Waals surface area contributed by atoms with Gasteiger partial charge in [-0.05, 0) is 38.0 Å². The average molecular weight is 372 g/mol. The summed E-state index contributed by atoms with van der Waals surface area (Å²) in [4.78, 5) is 25.8. The largest absolute Gasteiger partial charge is 0.493 e. The van der Waals surface area contributed by atoms with Gasteiger partial charge in [-0.1, -0.05) is 0 Å². The topological polar surface area (TPSA) is 77.1 Å². The average Bonchev–Trinajstić information content (AvgIpc) is 2.61. The second-order valence-electron chi connectivity index (χ2n) is 5.70. The monoisotopic (exact) mass is 372 g/mol. The van der Waals surface area contributed by atoms with E-state index in [0.717, 1.165) is 12.8 Å². The van der Waals surface area contributed by atoms with Gasteiger partial charge in [0.05, 0.1) is 13.7 Å². The van der Waals surface area contributed by atoms with E-state index in [1.54, 1.807) is 11.8 Å². The first-order valence-electron chi connectivity index (χ1n) is 8.30. The summed E-state index contributed by atoms with van der Waals surface area (Å²) in [5, 5.41) is 2.73. The number of halogens is 2. The maximum atomic E-state index is 12.7. The fourth-order valence-electron chi connectivity index (χ4n) is 2.80. The van der Waals surface area contributed by atoms with Crippen molar-refractivity contribution >= 4 is 12.0 Å². The molecule has 2 amide bonds. The van der Waals surface area contributed by atoms with E-state index in [1.165, 1.54) is 25.3 Å². The first kappa shape index (κ1) is 19.7. The lowest BCUT2D eigenvalue weighted by Gasteiger charge is -2.33. The number of nitrogens with zero attached hydrogens (tertiary/aromatic N) is 1. The van der Waals surface area contributed by atoms with Crippen LogP contribution in [-0.2, 0) is 4.74 Å². The molecule has 1 heterocycles. The van der Waals surface area contributed by atoms with Gasteiger partial charge in [0, 0.05) is 24.7 Å². The molecule has 1 N–H and O–H groups in total. The van der Waals surface area contributed by atoms with Crippen LogP contribution in [0, 0.1) is 0 Å². The number of alkyl halides is 2. The summed E-state index contributed by atoms with van der Waals surface area (Å²) in [6.07, 6.45) is 0.960. The number of benzene rings is 1. The molecule has 1 aromatic carbocycles. The summed E-state index contributed by atoms with van der Waals surface area (Å²) in [5.41, 5.74) is 0.292. The number of carbonyl (C=O) groups excluding carboxylic acids is 2. The van der Waals surface area contributed by atoms with Crippen molar-refractivity contribution in [2.75, 3.05) is 26.8 Å². The van der Waals surface area contributed by atoms with Crippen molar-refractivity contribution in [1.29, 1.82) is 0 Å². The SMILES string of the molecule is CCOC(=O)NC1CCCN(C(=O)c2ccc(OC(F)F)c(OC)c2)C1. The van der Waals surface area contributed by atoms with E-state index >= 15 is 0 Å². The number of alkyl carbamates (subject to hydrolysis) is 1. The van der Waals surface area contributed by atoms with Crippen LogP contribution in [0.5, 0.6) is 11.5 Å². The molecule has 0 radical (unpaired) electrons. The Morgan fingerprint density at radius 2 is 2.12 bits per heavy atom. The van der Waals surface area contributed by atoms with Gasteiger partial charge in [0.25, 0.3) is 5.91 Å². The second-order valence-corrected chi connectivity index (χ2v) is 5.70. The lowest BCUT2D eigenvalue weighted by molar-refractivity contribution is -0.0512. The van der Waals surface area contributed by atoms with Gasteiger partial charge in [-0.15, -0.1) is 0 Å². The Labute approximate surface area is 150 Å². The van der Waals surface area contributed by atoms with Crippen LogP contribution < -0.4 is 14.8 Å². The predicted molar refractivity (Wildman–Crippen MR) is 88.7 cm³/mol. The van der Waals surface area contributed by atoms with E-state index in [2.05, 4.69) is 10.1 Å². The molecule has 1 aliphatic heterocycles. The standard InChI is InChI=1S/C17H22F2N2O5/c1-3-25-17(23)20-12-5-4-8-21(10-12)15(22)11-6-7-13(26-16(18)19)14(9-11)24-2/h6-7,9,12,16H,3-5,8,10H2,1-2H3,(H,20,23). The van der Waals surface area contributed by atoms with E-state index in [9.17, 15) is 18.4 Å². The van der Waals surface area contributed by atoms with Crippen molar-refractivity contribution in [3.05, 3.63) is 23.8 Å². The van der Waals surface area contributed by atoms with Crippen LogP contribution in [0.4, 0.5) is 13.6 Å². The Morgan fingerprint density at radius 1 is 1.35 bits per heavy atom. The van der Waals surface area contributed by atoms with Crippen LogP contribution in [0.2, 0.25) is 0 Å². The van der Waals surface area contributed by atoms with Crippen molar-refractivity contribution in [3.63, 3.8) is 0 Å². The predicted octanol–water partition coefficient (Wildman–Crippen LogP) is 2.65. The zero-order chi connectivity index (χ0) is 19.1. The highest BCUT2D eigenvalue weighted by atomic mass is 19.3. The number of piperidine rings is 1. The van der Waals surface area contributed by atoms with Crippen LogP contribution in [0.15, 0.2) is 18.2 Å². The van der Waals surface area contributed by atoms with Gasteiger partial charge in [-0.2, -0.15) is 8.78 Å². The maximum Gasteiger partial charge on any atom is 0.407 e. The fourth-order valence-corrected chi connectivity index (χ4v) is 2.80.